The maximum absolute atomic E-state index is 12.3. The first-order valence-corrected chi connectivity index (χ1v) is 7.05. The maximum Gasteiger partial charge on any atom is 0.410 e. The third-order valence-electron chi connectivity index (χ3n) is 4.04. The lowest BCUT2D eigenvalue weighted by atomic mass is 9.90. The molecule has 0 heterocycles. The van der Waals surface area contributed by atoms with Gasteiger partial charge in [0.1, 0.15) is 5.60 Å². The molecule has 0 spiro atoms. The summed E-state index contributed by atoms with van der Waals surface area (Å²) in [7, 11) is 0. The van der Waals surface area contributed by atoms with Crippen LogP contribution in [0.15, 0.2) is 0 Å². The normalized spacial score (nSPS) is 22.2. The maximum atomic E-state index is 12.3. The molecule has 0 atom stereocenters. The van der Waals surface area contributed by atoms with Gasteiger partial charge in [-0.05, 0) is 59.4 Å². The first kappa shape index (κ1) is 13.7. The van der Waals surface area contributed by atoms with E-state index in [1.807, 2.05) is 25.7 Å². The van der Waals surface area contributed by atoms with Gasteiger partial charge < -0.3 is 15.4 Å². The number of nitrogens with two attached hydrogens (primary N) is 1. The van der Waals surface area contributed by atoms with Crippen molar-refractivity contribution < 1.29 is 9.53 Å². The van der Waals surface area contributed by atoms with Crippen LogP contribution in [-0.4, -0.2) is 35.7 Å². The monoisotopic (exact) mass is 254 g/mol. The van der Waals surface area contributed by atoms with Crippen LogP contribution in [0.3, 0.4) is 0 Å². The minimum Gasteiger partial charge on any atom is -0.444 e. The second kappa shape index (κ2) is 4.72. The second-order valence-electron chi connectivity index (χ2n) is 6.90. The Morgan fingerprint density at radius 2 is 2.00 bits per heavy atom. The largest absolute Gasteiger partial charge is 0.444 e. The molecular formula is C14H26N2O2. The molecule has 2 rings (SSSR count). The summed E-state index contributed by atoms with van der Waals surface area (Å²) in [4.78, 5) is 14.2. The molecule has 0 bridgehead atoms. The molecule has 0 aromatic carbocycles. The van der Waals surface area contributed by atoms with Gasteiger partial charge in [0.2, 0.25) is 0 Å². The van der Waals surface area contributed by atoms with Gasteiger partial charge in [-0.1, -0.05) is 0 Å². The van der Waals surface area contributed by atoms with Crippen molar-refractivity contribution in [1.29, 1.82) is 0 Å². The Labute approximate surface area is 110 Å². The van der Waals surface area contributed by atoms with Crippen molar-refractivity contribution in [2.24, 2.45) is 11.1 Å². The molecule has 0 aromatic heterocycles. The average molecular weight is 254 g/mol. The molecule has 0 aliphatic heterocycles. The number of rotatable bonds is 4. The zero-order valence-corrected chi connectivity index (χ0v) is 11.9. The van der Waals surface area contributed by atoms with Crippen LogP contribution < -0.4 is 5.73 Å². The molecule has 18 heavy (non-hydrogen) atoms. The minimum atomic E-state index is -0.418. The van der Waals surface area contributed by atoms with Crippen LogP contribution in [0.25, 0.3) is 0 Å². The van der Waals surface area contributed by atoms with E-state index in [1.54, 1.807) is 0 Å². The molecule has 2 aliphatic rings. The molecular weight excluding hydrogens is 228 g/mol. The molecule has 1 amide bonds. The summed E-state index contributed by atoms with van der Waals surface area (Å²) in [5.41, 5.74) is 5.59. The van der Waals surface area contributed by atoms with Crippen LogP contribution in [-0.2, 0) is 4.74 Å². The zero-order chi connectivity index (χ0) is 13.4. The van der Waals surface area contributed by atoms with Crippen LogP contribution in [0.4, 0.5) is 4.79 Å². The molecule has 0 saturated heterocycles. The summed E-state index contributed by atoms with van der Waals surface area (Å²) in [6.07, 6.45) is 5.58. The van der Waals surface area contributed by atoms with Gasteiger partial charge in [0, 0.05) is 18.0 Å². The fourth-order valence-electron chi connectivity index (χ4n) is 2.33. The van der Waals surface area contributed by atoms with E-state index in [2.05, 4.69) is 0 Å². The minimum absolute atomic E-state index is 0.160. The molecule has 2 N–H and O–H groups in total. The molecule has 0 radical (unpaired) electrons. The van der Waals surface area contributed by atoms with Crippen molar-refractivity contribution in [1.82, 2.24) is 4.90 Å². The quantitative estimate of drug-likeness (QED) is 0.838. The van der Waals surface area contributed by atoms with Gasteiger partial charge in [0.15, 0.2) is 0 Å². The SMILES string of the molecule is CC(C)(C)OC(=O)N(CC1(CN)CC1)C1CCC1. The van der Waals surface area contributed by atoms with Gasteiger partial charge in [-0.15, -0.1) is 0 Å². The Balaban J connectivity index is 1.98. The van der Waals surface area contributed by atoms with E-state index in [-0.39, 0.29) is 11.5 Å². The fraction of sp³-hybridized carbons (Fsp3) is 0.929. The van der Waals surface area contributed by atoms with Gasteiger partial charge >= 0.3 is 6.09 Å². The summed E-state index contributed by atoms with van der Waals surface area (Å²) in [5, 5.41) is 0. The third-order valence-corrected chi connectivity index (χ3v) is 4.04. The van der Waals surface area contributed by atoms with Crippen molar-refractivity contribution in [2.45, 2.75) is 64.5 Å². The average Bonchev–Trinajstić information content (AvgIpc) is 2.92. The highest BCUT2D eigenvalue weighted by atomic mass is 16.6. The number of carbonyl (C=O) groups excluding carboxylic acids is 1. The topological polar surface area (TPSA) is 55.6 Å². The zero-order valence-electron chi connectivity index (χ0n) is 11.9. The Kier molecular flexibility index (Phi) is 3.58. The van der Waals surface area contributed by atoms with Crippen LogP contribution in [0, 0.1) is 5.41 Å². The van der Waals surface area contributed by atoms with E-state index in [9.17, 15) is 4.79 Å². The van der Waals surface area contributed by atoms with Gasteiger partial charge in [-0.25, -0.2) is 4.79 Å². The standard InChI is InChI=1S/C14H26N2O2/c1-13(2,3)18-12(17)16(11-5-4-6-11)10-14(9-15)7-8-14/h11H,4-10,15H2,1-3H3. The van der Waals surface area contributed by atoms with E-state index in [0.29, 0.717) is 12.6 Å². The summed E-state index contributed by atoms with van der Waals surface area (Å²) in [5.74, 6) is 0. The number of carbonyl (C=O) groups is 1. The second-order valence-corrected chi connectivity index (χ2v) is 6.90. The summed E-state index contributed by atoms with van der Waals surface area (Å²) >= 11 is 0. The summed E-state index contributed by atoms with van der Waals surface area (Å²) in [6, 6.07) is 0.379. The highest BCUT2D eigenvalue weighted by Crippen LogP contribution is 2.46. The highest BCUT2D eigenvalue weighted by Gasteiger charge is 2.46. The van der Waals surface area contributed by atoms with Crippen molar-refractivity contribution in [2.75, 3.05) is 13.1 Å². The lowest BCUT2D eigenvalue weighted by Gasteiger charge is -2.40. The Morgan fingerprint density at radius 1 is 1.39 bits per heavy atom. The number of hydrogen-bond donors (Lipinski definition) is 1. The number of hydrogen-bond acceptors (Lipinski definition) is 3. The Morgan fingerprint density at radius 3 is 2.33 bits per heavy atom. The van der Waals surface area contributed by atoms with E-state index in [1.165, 1.54) is 6.42 Å². The van der Waals surface area contributed by atoms with E-state index < -0.39 is 5.60 Å². The van der Waals surface area contributed by atoms with E-state index in [4.69, 9.17) is 10.5 Å². The first-order valence-electron chi connectivity index (χ1n) is 7.05. The lowest BCUT2D eigenvalue weighted by Crippen LogP contribution is -2.49. The Hall–Kier alpha value is -0.770. The molecule has 0 aromatic rings. The van der Waals surface area contributed by atoms with Crippen LogP contribution >= 0.6 is 0 Å². The lowest BCUT2D eigenvalue weighted by molar-refractivity contribution is 0.00177. The van der Waals surface area contributed by atoms with Crippen LogP contribution in [0.1, 0.15) is 52.9 Å². The van der Waals surface area contributed by atoms with Crippen molar-refractivity contribution in [3.8, 4) is 0 Å². The van der Waals surface area contributed by atoms with Gasteiger partial charge in [-0.2, -0.15) is 0 Å². The van der Waals surface area contributed by atoms with Gasteiger partial charge in [0.05, 0.1) is 0 Å². The Bertz CT molecular complexity index is 314. The number of nitrogens with zero attached hydrogens (tertiary/aromatic N) is 1. The molecule has 4 nitrogen and oxygen atoms in total. The first-order chi connectivity index (χ1) is 8.35. The highest BCUT2D eigenvalue weighted by molar-refractivity contribution is 5.69. The predicted molar refractivity (Wildman–Crippen MR) is 71.3 cm³/mol. The smallest absolute Gasteiger partial charge is 0.410 e. The molecule has 104 valence electrons. The fourth-order valence-corrected chi connectivity index (χ4v) is 2.33. The van der Waals surface area contributed by atoms with Crippen LogP contribution in [0.2, 0.25) is 0 Å². The summed E-state index contributed by atoms with van der Waals surface area (Å²) < 4.78 is 5.52. The van der Waals surface area contributed by atoms with E-state index >= 15 is 0 Å². The van der Waals surface area contributed by atoms with E-state index in [0.717, 1.165) is 32.2 Å². The van der Waals surface area contributed by atoms with Crippen molar-refractivity contribution in [3.05, 3.63) is 0 Å². The van der Waals surface area contributed by atoms with Crippen LogP contribution in [0.5, 0.6) is 0 Å². The van der Waals surface area contributed by atoms with Gasteiger partial charge in [-0.3, -0.25) is 0 Å². The third kappa shape index (κ3) is 3.16. The number of ether oxygens (including phenoxy) is 1. The molecule has 2 aliphatic carbocycles. The predicted octanol–water partition coefficient (Wildman–Crippen LogP) is 2.51. The van der Waals surface area contributed by atoms with Gasteiger partial charge in [0.25, 0.3) is 0 Å². The molecule has 4 heteroatoms. The van der Waals surface area contributed by atoms with Crippen molar-refractivity contribution in [3.63, 3.8) is 0 Å². The molecule has 0 unspecified atom stereocenters. The summed E-state index contributed by atoms with van der Waals surface area (Å²) in [6.45, 7) is 7.21. The molecule has 2 fully saturated rings. The molecule has 2 saturated carbocycles. The number of amides is 1. The van der Waals surface area contributed by atoms with Crippen molar-refractivity contribution >= 4 is 6.09 Å².